The third-order valence-electron chi connectivity index (χ3n) is 5.03. The van der Waals surface area contributed by atoms with Gasteiger partial charge in [-0.05, 0) is 42.2 Å². The molecule has 0 aliphatic carbocycles. The molecule has 0 atom stereocenters. The average molecular weight is 432 g/mol. The zero-order chi connectivity index (χ0) is 22.0. The molecule has 6 nitrogen and oxygen atoms in total. The molecule has 0 saturated heterocycles. The molecule has 0 saturated carbocycles. The van der Waals surface area contributed by atoms with Gasteiger partial charge < -0.3 is 0 Å². The second-order valence-electron chi connectivity index (χ2n) is 7.49. The van der Waals surface area contributed by atoms with E-state index in [1.165, 1.54) is 23.5 Å². The van der Waals surface area contributed by atoms with Crippen molar-refractivity contribution in [1.82, 2.24) is 4.98 Å². The number of fused-ring (bicyclic) bond motifs is 1. The van der Waals surface area contributed by atoms with Crippen LogP contribution in [-0.2, 0) is 17.8 Å². The van der Waals surface area contributed by atoms with E-state index in [4.69, 9.17) is 4.98 Å². The summed E-state index contributed by atoms with van der Waals surface area (Å²) in [4.78, 5) is 30.2. The van der Waals surface area contributed by atoms with Gasteiger partial charge in [-0.3, -0.25) is 19.8 Å². The first-order valence-corrected chi connectivity index (χ1v) is 10.7. The fraction of sp³-hybridized carbons (Fsp3) is 0.167. The van der Waals surface area contributed by atoms with Crippen LogP contribution in [0.5, 0.6) is 0 Å². The van der Waals surface area contributed by atoms with Crippen molar-refractivity contribution in [3.63, 3.8) is 0 Å². The van der Waals surface area contributed by atoms with Gasteiger partial charge in [0.25, 0.3) is 5.69 Å². The number of rotatable bonds is 6. The number of hydrogen-bond donors (Lipinski definition) is 0. The molecule has 4 aromatic rings. The molecule has 156 valence electrons. The van der Waals surface area contributed by atoms with E-state index in [0.717, 1.165) is 32.5 Å². The van der Waals surface area contributed by atoms with Crippen molar-refractivity contribution in [3.8, 4) is 0 Å². The molecule has 0 aliphatic heterocycles. The standard InChI is InChI=1S/C24H21N3O3S/c1-16-12-17(2)23-21(13-16)25-24(31-23)26(15-19-6-4-3-5-7-19)22(28)14-18-8-10-20(11-9-18)27(29)30/h3-13H,14-15H2,1-2H3. The van der Waals surface area contributed by atoms with Gasteiger partial charge in [0.1, 0.15) is 0 Å². The van der Waals surface area contributed by atoms with Crippen LogP contribution in [0.25, 0.3) is 10.2 Å². The lowest BCUT2D eigenvalue weighted by atomic mass is 10.1. The summed E-state index contributed by atoms with van der Waals surface area (Å²) in [6, 6.07) is 20.0. The molecule has 3 aromatic carbocycles. The number of hydrogen-bond acceptors (Lipinski definition) is 5. The van der Waals surface area contributed by atoms with E-state index in [1.54, 1.807) is 17.0 Å². The Morgan fingerprint density at radius 1 is 1.03 bits per heavy atom. The van der Waals surface area contributed by atoms with Crippen LogP contribution in [0.1, 0.15) is 22.3 Å². The van der Waals surface area contributed by atoms with Crippen LogP contribution < -0.4 is 4.90 Å². The molecule has 0 bridgehead atoms. The number of thiazole rings is 1. The second-order valence-corrected chi connectivity index (χ2v) is 8.47. The summed E-state index contributed by atoms with van der Waals surface area (Å²) in [5.74, 6) is -0.105. The maximum Gasteiger partial charge on any atom is 0.269 e. The number of benzene rings is 3. The monoisotopic (exact) mass is 431 g/mol. The number of non-ortho nitro benzene ring substituents is 1. The van der Waals surface area contributed by atoms with Gasteiger partial charge in [0, 0.05) is 12.1 Å². The van der Waals surface area contributed by atoms with Crippen molar-refractivity contribution in [2.75, 3.05) is 4.90 Å². The van der Waals surface area contributed by atoms with Gasteiger partial charge in [0.15, 0.2) is 5.13 Å². The van der Waals surface area contributed by atoms with Gasteiger partial charge in [0.2, 0.25) is 5.91 Å². The van der Waals surface area contributed by atoms with Crippen LogP contribution in [-0.4, -0.2) is 15.8 Å². The van der Waals surface area contributed by atoms with Gasteiger partial charge in [-0.25, -0.2) is 4.98 Å². The van der Waals surface area contributed by atoms with Crippen molar-refractivity contribution in [1.29, 1.82) is 0 Å². The van der Waals surface area contributed by atoms with Crippen LogP contribution in [0, 0.1) is 24.0 Å². The van der Waals surface area contributed by atoms with Gasteiger partial charge >= 0.3 is 0 Å². The number of nitro benzene ring substituents is 1. The van der Waals surface area contributed by atoms with Crippen LogP contribution in [0.4, 0.5) is 10.8 Å². The number of carbonyl (C=O) groups is 1. The Balaban J connectivity index is 1.67. The molecule has 1 heterocycles. The van der Waals surface area contributed by atoms with Crippen molar-refractivity contribution >= 4 is 38.3 Å². The highest BCUT2D eigenvalue weighted by molar-refractivity contribution is 7.22. The first-order chi connectivity index (χ1) is 14.9. The van der Waals surface area contributed by atoms with E-state index in [9.17, 15) is 14.9 Å². The topological polar surface area (TPSA) is 76.3 Å². The molecular formula is C24H21N3O3S. The third-order valence-corrected chi connectivity index (χ3v) is 6.26. The van der Waals surface area contributed by atoms with Crippen molar-refractivity contribution in [2.45, 2.75) is 26.8 Å². The Labute approximate surface area is 183 Å². The second kappa shape index (κ2) is 8.65. The molecule has 31 heavy (non-hydrogen) atoms. The number of carbonyl (C=O) groups excluding carboxylic acids is 1. The van der Waals surface area contributed by atoms with E-state index < -0.39 is 4.92 Å². The van der Waals surface area contributed by atoms with E-state index in [2.05, 4.69) is 13.0 Å². The maximum absolute atomic E-state index is 13.3. The van der Waals surface area contributed by atoms with E-state index >= 15 is 0 Å². The average Bonchev–Trinajstić information content (AvgIpc) is 3.17. The SMILES string of the molecule is Cc1cc(C)c2sc(N(Cc3ccccc3)C(=O)Cc3ccc([N+](=O)[O-])cc3)nc2c1. The summed E-state index contributed by atoms with van der Waals surface area (Å²) < 4.78 is 1.07. The summed E-state index contributed by atoms with van der Waals surface area (Å²) >= 11 is 1.51. The van der Waals surface area contributed by atoms with Crippen molar-refractivity contribution < 1.29 is 9.72 Å². The van der Waals surface area contributed by atoms with Crippen LogP contribution >= 0.6 is 11.3 Å². The summed E-state index contributed by atoms with van der Waals surface area (Å²) in [6.07, 6.45) is 0.138. The predicted octanol–water partition coefficient (Wildman–Crippen LogP) is 5.60. The molecule has 0 unspecified atom stereocenters. The van der Waals surface area contributed by atoms with Gasteiger partial charge in [-0.2, -0.15) is 0 Å². The highest BCUT2D eigenvalue weighted by Gasteiger charge is 2.21. The number of aryl methyl sites for hydroxylation is 2. The lowest BCUT2D eigenvalue weighted by molar-refractivity contribution is -0.384. The highest BCUT2D eigenvalue weighted by Crippen LogP contribution is 2.33. The molecule has 0 fully saturated rings. The zero-order valence-corrected chi connectivity index (χ0v) is 18.1. The quantitative estimate of drug-likeness (QED) is 0.294. The van der Waals surface area contributed by atoms with Gasteiger partial charge in [0.05, 0.1) is 28.1 Å². The largest absolute Gasteiger partial charge is 0.283 e. The first-order valence-electron chi connectivity index (χ1n) is 9.86. The summed E-state index contributed by atoms with van der Waals surface area (Å²) in [7, 11) is 0. The van der Waals surface area contributed by atoms with Crippen molar-refractivity contribution in [2.24, 2.45) is 0 Å². The molecule has 0 radical (unpaired) electrons. The Morgan fingerprint density at radius 2 is 1.74 bits per heavy atom. The minimum Gasteiger partial charge on any atom is -0.283 e. The fourth-order valence-electron chi connectivity index (χ4n) is 3.51. The molecule has 0 aliphatic rings. The normalized spacial score (nSPS) is 10.9. The molecular weight excluding hydrogens is 410 g/mol. The smallest absolute Gasteiger partial charge is 0.269 e. The number of nitro groups is 1. The van der Waals surface area contributed by atoms with Crippen molar-refractivity contribution in [3.05, 3.63) is 99.1 Å². The minimum atomic E-state index is -0.446. The number of nitrogens with zero attached hydrogens (tertiary/aromatic N) is 3. The Hall–Kier alpha value is -3.58. The van der Waals surface area contributed by atoms with E-state index in [1.807, 2.05) is 43.3 Å². The van der Waals surface area contributed by atoms with E-state index in [0.29, 0.717) is 11.7 Å². The highest BCUT2D eigenvalue weighted by atomic mass is 32.1. The minimum absolute atomic E-state index is 0.00867. The lowest BCUT2D eigenvalue weighted by Crippen LogP contribution is -2.31. The van der Waals surface area contributed by atoms with Crippen LogP contribution in [0.2, 0.25) is 0 Å². The Kier molecular flexibility index (Phi) is 5.77. The summed E-state index contributed by atoms with van der Waals surface area (Å²) in [5, 5.41) is 11.5. The summed E-state index contributed by atoms with van der Waals surface area (Å²) in [6.45, 7) is 4.50. The molecule has 1 amide bonds. The van der Waals surface area contributed by atoms with Gasteiger partial charge in [-0.1, -0.05) is 59.9 Å². The lowest BCUT2D eigenvalue weighted by Gasteiger charge is -2.20. The summed E-state index contributed by atoms with van der Waals surface area (Å²) in [5.41, 5.74) is 4.90. The third kappa shape index (κ3) is 4.62. The fourth-order valence-corrected chi connectivity index (χ4v) is 4.55. The maximum atomic E-state index is 13.3. The predicted molar refractivity (Wildman–Crippen MR) is 124 cm³/mol. The Morgan fingerprint density at radius 3 is 2.42 bits per heavy atom. The van der Waals surface area contributed by atoms with Gasteiger partial charge in [-0.15, -0.1) is 0 Å². The molecule has 1 aromatic heterocycles. The molecule has 7 heteroatoms. The van der Waals surface area contributed by atoms with Crippen LogP contribution in [0.15, 0.2) is 66.7 Å². The zero-order valence-electron chi connectivity index (χ0n) is 17.2. The first kappa shape index (κ1) is 20.7. The van der Waals surface area contributed by atoms with Crippen LogP contribution in [0.3, 0.4) is 0 Å². The number of anilines is 1. The molecule has 4 rings (SSSR count). The molecule has 0 N–H and O–H groups in total. The Bertz CT molecular complexity index is 1250. The number of aromatic nitrogens is 1. The molecule has 0 spiro atoms. The van der Waals surface area contributed by atoms with E-state index in [-0.39, 0.29) is 18.0 Å². The number of amides is 1.